The summed E-state index contributed by atoms with van der Waals surface area (Å²) in [5.41, 5.74) is 4.10. The van der Waals surface area contributed by atoms with E-state index in [-0.39, 0.29) is 31.6 Å². The van der Waals surface area contributed by atoms with Gasteiger partial charge in [-0.2, -0.15) is 0 Å². The van der Waals surface area contributed by atoms with Crippen LogP contribution in [0.1, 0.15) is 13.8 Å². The molecule has 2 aromatic heterocycles. The van der Waals surface area contributed by atoms with Gasteiger partial charge in [-0.25, -0.2) is 4.98 Å². The van der Waals surface area contributed by atoms with Gasteiger partial charge in [0.1, 0.15) is 0 Å². The maximum Gasteiger partial charge on any atom is 0.155 e. The van der Waals surface area contributed by atoms with E-state index in [1.807, 2.05) is 48.7 Å². The molecule has 0 atom stereocenters. The molecule has 5 aromatic rings. The molecular formula is C27H21IrN2O2S-. The molecular weight excluding hydrogens is 609 g/mol. The molecule has 0 fully saturated rings. The number of fused-ring (bicyclic) bond motifs is 2. The summed E-state index contributed by atoms with van der Waals surface area (Å²) in [6.07, 6.45) is 3.02. The first-order chi connectivity index (χ1) is 15.5. The molecule has 6 heteroatoms. The predicted octanol–water partition coefficient (Wildman–Crippen LogP) is 7.01. The Kier molecular flexibility index (Phi) is 8.23. The first kappa shape index (κ1) is 24.5. The summed E-state index contributed by atoms with van der Waals surface area (Å²) >= 11 is 1.71. The monoisotopic (exact) mass is 630 g/mol. The number of aliphatic hydroxyl groups excluding tert-OH is 1. The Morgan fingerprint density at radius 1 is 1.00 bits per heavy atom. The van der Waals surface area contributed by atoms with E-state index in [9.17, 15) is 4.79 Å². The van der Waals surface area contributed by atoms with Crippen LogP contribution < -0.4 is 0 Å². The van der Waals surface area contributed by atoms with Gasteiger partial charge in [0.15, 0.2) is 5.78 Å². The molecule has 0 aliphatic rings. The Labute approximate surface area is 210 Å². The van der Waals surface area contributed by atoms with Gasteiger partial charge in [0.2, 0.25) is 0 Å². The standard InChI is InChI=1S/C22H13N2S.C5H8O2.Ir/c1-2-6-18-15(5-1)13-14-23-21(18)16-9-11-17(12-10-16)22-24-19-7-3-4-8-20(19)25-22;1-4(6)3-5(2)7;/h1-9,11-14H;3,6H,1-2H3;/q-1;;/b;4-3-;. The van der Waals surface area contributed by atoms with E-state index in [0.29, 0.717) is 0 Å². The second-order valence-electron chi connectivity index (χ2n) is 7.25. The topological polar surface area (TPSA) is 63.1 Å². The van der Waals surface area contributed by atoms with E-state index in [0.717, 1.165) is 32.7 Å². The third kappa shape index (κ3) is 5.99. The number of allylic oxidation sites excluding steroid dienone is 2. The summed E-state index contributed by atoms with van der Waals surface area (Å²) in [7, 11) is 0. The Morgan fingerprint density at radius 2 is 1.76 bits per heavy atom. The van der Waals surface area contributed by atoms with Crippen LogP contribution in [0.2, 0.25) is 0 Å². The normalized spacial score (nSPS) is 10.9. The Hall–Kier alpha value is -3.18. The van der Waals surface area contributed by atoms with Gasteiger partial charge < -0.3 is 10.1 Å². The first-order valence-corrected chi connectivity index (χ1v) is 10.9. The van der Waals surface area contributed by atoms with Crippen LogP contribution in [0.25, 0.3) is 42.8 Å². The number of pyridine rings is 1. The maximum absolute atomic E-state index is 10.0. The largest absolute Gasteiger partial charge is 0.512 e. The summed E-state index contributed by atoms with van der Waals surface area (Å²) in [6.45, 7) is 2.85. The fourth-order valence-electron chi connectivity index (χ4n) is 3.33. The molecule has 1 radical (unpaired) electrons. The SMILES string of the molecule is CC(=O)/C=C(/C)O.[Ir].[c-]1cc(-c2nc3ccccc3s2)ccc1-c1nccc2ccccc12. The van der Waals surface area contributed by atoms with Gasteiger partial charge in [-0.3, -0.25) is 4.79 Å². The molecule has 0 saturated heterocycles. The summed E-state index contributed by atoms with van der Waals surface area (Å²) < 4.78 is 1.21. The average Bonchev–Trinajstić information content (AvgIpc) is 3.23. The van der Waals surface area contributed by atoms with E-state index >= 15 is 0 Å². The van der Waals surface area contributed by atoms with Crippen molar-refractivity contribution in [2.24, 2.45) is 0 Å². The number of aliphatic hydroxyl groups is 1. The van der Waals surface area contributed by atoms with Gasteiger partial charge in [0.05, 0.1) is 21.0 Å². The molecule has 0 spiro atoms. The number of thiazole rings is 1. The molecule has 3 aromatic carbocycles. The zero-order chi connectivity index (χ0) is 22.5. The number of aromatic nitrogens is 2. The minimum Gasteiger partial charge on any atom is -0.512 e. The van der Waals surface area contributed by atoms with Crippen molar-refractivity contribution in [1.82, 2.24) is 9.97 Å². The third-order valence-corrected chi connectivity index (χ3v) is 5.78. The van der Waals surface area contributed by atoms with Gasteiger partial charge >= 0.3 is 0 Å². The van der Waals surface area contributed by atoms with E-state index in [1.165, 1.54) is 30.0 Å². The minimum absolute atomic E-state index is 0. The number of rotatable bonds is 3. The van der Waals surface area contributed by atoms with Crippen molar-refractivity contribution in [3.8, 4) is 21.8 Å². The van der Waals surface area contributed by atoms with Crippen molar-refractivity contribution in [3.63, 3.8) is 0 Å². The number of para-hydroxylation sites is 1. The fraction of sp³-hybridized carbons (Fsp3) is 0.0741. The molecule has 0 amide bonds. The van der Waals surface area contributed by atoms with E-state index in [4.69, 9.17) is 10.1 Å². The third-order valence-electron chi connectivity index (χ3n) is 4.69. The van der Waals surface area contributed by atoms with Crippen molar-refractivity contribution in [1.29, 1.82) is 0 Å². The molecule has 2 heterocycles. The van der Waals surface area contributed by atoms with Crippen LogP contribution in [0.3, 0.4) is 0 Å². The Balaban J connectivity index is 0.000000337. The Bertz CT molecular complexity index is 1380. The fourth-order valence-corrected chi connectivity index (χ4v) is 4.29. The van der Waals surface area contributed by atoms with Crippen LogP contribution in [0.4, 0.5) is 0 Å². The molecule has 0 unspecified atom stereocenters. The molecule has 0 aliphatic carbocycles. The zero-order valence-electron chi connectivity index (χ0n) is 18.1. The van der Waals surface area contributed by atoms with Crippen LogP contribution in [0, 0.1) is 6.07 Å². The van der Waals surface area contributed by atoms with Crippen molar-refractivity contribution in [2.45, 2.75) is 13.8 Å². The minimum atomic E-state index is -0.125. The maximum atomic E-state index is 10.0. The summed E-state index contributed by atoms with van der Waals surface area (Å²) in [6, 6.07) is 28.1. The Morgan fingerprint density at radius 3 is 2.42 bits per heavy atom. The van der Waals surface area contributed by atoms with Gasteiger partial charge in [0, 0.05) is 32.4 Å². The van der Waals surface area contributed by atoms with E-state index in [1.54, 1.807) is 11.3 Å². The second-order valence-corrected chi connectivity index (χ2v) is 8.29. The average molecular weight is 630 g/mol. The van der Waals surface area contributed by atoms with Crippen molar-refractivity contribution in [2.75, 3.05) is 0 Å². The zero-order valence-corrected chi connectivity index (χ0v) is 21.3. The smallest absolute Gasteiger partial charge is 0.155 e. The number of nitrogens with zero attached hydrogens (tertiary/aromatic N) is 2. The molecule has 167 valence electrons. The number of hydrogen-bond acceptors (Lipinski definition) is 5. The van der Waals surface area contributed by atoms with Crippen LogP contribution in [0.5, 0.6) is 0 Å². The van der Waals surface area contributed by atoms with Crippen molar-refractivity contribution in [3.05, 3.63) is 96.9 Å². The predicted molar refractivity (Wildman–Crippen MR) is 132 cm³/mol. The quantitative estimate of drug-likeness (QED) is 0.133. The van der Waals surface area contributed by atoms with Crippen LogP contribution in [-0.4, -0.2) is 20.9 Å². The molecule has 1 N–H and O–H groups in total. The number of carbonyl (C=O) groups is 1. The number of benzene rings is 3. The van der Waals surface area contributed by atoms with Crippen LogP contribution in [0.15, 0.2) is 90.8 Å². The van der Waals surface area contributed by atoms with Gasteiger partial charge in [-0.05, 0) is 48.5 Å². The number of ketones is 1. The van der Waals surface area contributed by atoms with Crippen molar-refractivity contribution >= 4 is 38.1 Å². The summed E-state index contributed by atoms with van der Waals surface area (Å²) in [5.74, 6) is -0.0625. The van der Waals surface area contributed by atoms with Gasteiger partial charge in [-0.1, -0.05) is 42.0 Å². The van der Waals surface area contributed by atoms with E-state index < -0.39 is 0 Å². The molecule has 0 saturated carbocycles. The summed E-state index contributed by atoms with van der Waals surface area (Å²) in [4.78, 5) is 19.3. The molecule has 5 rings (SSSR count). The summed E-state index contributed by atoms with van der Waals surface area (Å²) in [5, 5.41) is 11.7. The molecule has 0 bridgehead atoms. The number of hydrogen-bond donors (Lipinski definition) is 1. The van der Waals surface area contributed by atoms with Crippen molar-refractivity contribution < 1.29 is 30.0 Å². The van der Waals surface area contributed by atoms with E-state index in [2.05, 4.69) is 41.4 Å². The van der Waals surface area contributed by atoms with Gasteiger partial charge in [-0.15, -0.1) is 41.2 Å². The molecule has 33 heavy (non-hydrogen) atoms. The second kappa shape index (κ2) is 11.1. The molecule has 4 nitrogen and oxygen atoms in total. The number of carbonyl (C=O) groups excluding carboxylic acids is 1. The van der Waals surface area contributed by atoms with Crippen LogP contribution in [-0.2, 0) is 24.9 Å². The first-order valence-electron chi connectivity index (χ1n) is 10.1. The molecule has 0 aliphatic heterocycles. The van der Waals surface area contributed by atoms with Crippen LogP contribution >= 0.6 is 11.3 Å². The van der Waals surface area contributed by atoms with Gasteiger partial charge in [0.25, 0.3) is 0 Å².